The van der Waals surface area contributed by atoms with Crippen molar-refractivity contribution in [3.63, 3.8) is 0 Å². The molecular weight excluding hydrogens is 369 g/mol. The minimum absolute atomic E-state index is 0.206. The third-order valence-corrected chi connectivity index (χ3v) is 4.47. The van der Waals surface area contributed by atoms with Crippen molar-refractivity contribution in [2.24, 2.45) is 4.99 Å². The van der Waals surface area contributed by atoms with Gasteiger partial charge in [0.2, 0.25) is 0 Å². The van der Waals surface area contributed by atoms with Crippen LogP contribution in [0.5, 0.6) is 0 Å². The highest BCUT2D eigenvalue weighted by atomic mass is 35.5. The Balaban J connectivity index is 1.90. The van der Waals surface area contributed by atoms with Crippen LogP contribution in [0.1, 0.15) is 34.2 Å². The first-order valence-electron chi connectivity index (χ1n) is 8.44. The number of benzene rings is 2. The van der Waals surface area contributed by atoms with Gasteiger partial charge in [0, 0.05) is 16.1 Å². The topological polar surface area (TPSA) is 56.5 Å². The summed E-state index contributed by atoms with van der Waals surface area (Å²) in [5.41, 5.74) is 3.10. The number of rotatable bonds is 3. The zero-order valence-electron chi connectivity index (χ0n) is 14.4. The molecular formula is C20H15ClFN3O2. The summed E-state index contributed by atoms with van der Waals surface area (Å²) in [6.07, 6.45) is 0. The number of hydrogen-bond acceptors (Lipinski definition) is 4. The summed E-state index contributed by atoms with van der Waals surface area (Å²) >= 11 is 6.19. The third-order valence-electron chi connectivity index (χ3n) is 4.24. The number of carbonyl (C=O) groups is 1. The quantitative estimate of drug-likeness (QED) is 0.637. The monoisotopic (exact) mass is 383 g/mol. The molecule has 136 valence electrons. The number of fused-ring (bicyclic) bond motifs is 3. The number of nitrogens with zero attached hydrogens (tertiary/aromatic N) is 3. The summed E-state index contributed by atoms with van der Waals surface area (Å²) in [5.74, 6) is -0.860. The van der Waals surface area contributed by atoms with Gasteiger partial charge in [0.1, 0.15) is 5.82 Å². The molecule has 0 bridgehead atoms. The Morgan fingerprint density at radius 2 is 2.04 bits per heavy atom. The summed E-state index contributed by atoms with van der Waals surface area (Å²) in [6.45, 7) is 2.24. The van der Waals surface area contributed by atoms with Gasteiger partial charge in [-0.1, -0.05) is 23.7 Å². The lowest BCUT2D eigenvalue weighted by atomic mass is 10.00. The minimum atomic E-state index is -0.494. The average Bonchev–Trinajstić information content (AvgIpc) is 3.02. The van der Waals surface area contributed by atoms with Gasteiger partial charge in [0.05, 0.1) is 30.2 Å². The molecule has 2 heterocycles. The molecule has 2 aromatic carbocycles. The van der Waals surface area contributed by atoms with Crippen molar-refractivity contribution in [2.75, 3.05) is 6.61 Å². The van der Waals surface area contributed by atoms with Gasteiger partial charge >= 0.3 is 5.97 Å². The summed E-state index contributed by atoms with van der Waals surface area (Å²) in [5, 5.41) is 4.88. The van der Waals surface area contributed by atoms with Crippen molar-refractivity contribution in [3.8, 4) is 5.69 Å². The first kappa shape index (κ1) is 17.4. The molecule has 0 amide bonds. The normalized spacial score (nSPS) is 12.6. The van der Waals surface area contributed by atoms with E-state index in [4.69, 9.17) is 16.3 Å². The lowest BCUT2D eigenvalue weighted by Crippen LogP contribution is -2.11. The van der Waals surface area contributed by atoms with E-state index in [9.17, 15) is 9.18 Å². The smallest absolute Gasteiger partial charge is 0.358 e. The molecule has 0 atom stereocenters. The molecule has 0 unspecified atom stereocenters. The molecule has 0 saturated carbocycles. The van der Waals surface area contributed by atoms with Crippen LogP contribution in [0.4, 0.5) is 4.39 Å². The third kappa shape index (κ3) is 3.13. The van der Waals surface area contributed by atoms with E-state index >= 15 is 0 Å². The summed E-state index contributed by atoms with van der Waals surface area (Å²) in [6, 6.07) is 13.3. The van der Waals surface area contributed by atoms with E-state index < -0.39 is 5.97 Å². The van der Waals surface area contributed by atoms with Crippen LogP contribution in [0.2, 0.25) is 5.02 Å². The summed E-state index contributed by atoms with van der Waals surface area (Å²) in [4.78, 5) is 16.6. The van der Waals surface area contributed by atoms with Gasteiger partial charge < -0.3 is 4.74 Å². The zero-order chi connectivity index (χ0) is 19.0. The Bertz CT molecular complexity index is 1070. The van der Waals surface area contributed by atoms with Crippen LogP contribution in [-0.4, -0.2) is 28.1 Å². The van der Waals surface area contributed by atoms with Crippen molar-refractivity contribution >= 4 is 23.3 Å². The van der Waals surface area contributed by atoms with Gasteiger partial charge in [-0.15, -0.1) is 0 Å². The van der Waals surface area contributed by atoms with Crippen molar-refractivity contribution in [1.82, 2.24) is 9.78 Å². The van der Waals surface area contributed by atoms with E-state index in [0.717, 1.165) is 0 Å². The second-order valence-electron chi connectivity index (χ2n) is 5.96. The molecule has 1 aromatic heterocycles. The summed E-state index contributed by atoms with van der Waals surface area (Å²) < 4.78 is 21.1. The highest BCUT2D eigenvalue weighted by molar-refractivity contribution is 6.31. The van der Waals surface area contributed by atoms with Crippen LogP contribution < -0.4 is 0 Å². The Hall–Kier alpha value is -2.99. The molecule has 0 spiro atoms. The standard InChI is InChI=1S/C20H15ClFN3O2/c1-2-27-20(26)17-10-13-11-23-19(14-5-3-4-6-16(14)22)15-9-12(21)7-8-18(15)25(13)24-17/h3-10H,2,11H2,1H3. The lowest BCUT2D eigenvalue weighted by Gasteiger charge is -2.12. The van der Waals surface area contributed by atoms with Crippen molar-refractivity contribution in [1.29, 1.82) is 0 Å². The van der Waals surface area contributed by atoms with Gasteiger partial charge in [-0.3, -0.25) is 4.99 Å². The van der Waals surface area contributed by atoms with Crippen molar-refractivity contribution in [2.45, 2.75) is 13.5 Å². The Morgan fingerprint density at radius 3 is 2.81 bits per heavy atom. The van der Waals surface area contributed by atoms with Crippen LogP contribution in [0.3, 0.4) is 0 Å². The fourth-order valence-corrected chi connectivity index (χ4v) is 3.23. The van der Waals surface area contributed by atoms with E-state index in [1.54, 1.807) is 54.1 Å². The number of carbonyl (C=O) groups excluding carboxylic acids is 1. The van der Waals surface area contributed by atoms with E-state index in [0.29, 0.717) is 33.2 Å². The Kier molecular flexibility index (Phi) is 4.49. The maximum Gasteiger partial charge on any atom is 0.358 e. The molecule has 3 aromatic rings. The fraction of sp³-hybridized carbons (Fsp3) is 0.150. The molecule has 0 N–H and O–H groups in total. The predicted molar refractivity (Wildman–Crippen MR) is 100 cm³/mol. The lowest BCUT2D eigenvalue weighted by molar-refractivity contribution is 0.0519. The van der Waals surface area contributed by atoms with Crippen molar-refractivity contribution < 1.29 is 13.9 Å². The fourth-order valence-electron chi connectivity index (χ4n) is 3.06. The number of aromatic nitrogens is 2. The maximum absolute atomic E-state index is 14.4. The van der Waals surface area contributed by atoms with Gasteiger partial charge in [-0.2, -0.15) is 5.10 Å². The molecule has 0 fully saturated rings. The highest BCUT2D eigenvalue weighted by Crippen LogP contribution is 2.28. The number of esters is 1. The average molecular weight is 384 g/mol. The van der Waals surface area contributed by atoms with E-state index in [-0.39, 0.29) is 24.7 Å². The molecule has 0 saturated heterocycles. The van der Waals surface area contributed by atoms with Crippen LogP contribution >= 0.6 is 11.6 Å². The number of ether oxygens (including phenoxy) is 1. The molecule has 0 aliphatic carbocycles. The zero-order valence-corrected chi connectivity index (χ0v) is 15.2. The number of halogens is 2. The minimum Gasteiger partial charge on any atom is -0.461 e. The Morgan fingerprint density at radius 1 is 1.22 bits per heavy atom. The van der Waals surface area contributed by atoms with Gasteiger partial charge in [0.25, 0.3) is 0 Å². The summed E-state index contributed by atoms with van der Waals surface area (Å²) in [7, 11) is 0. The molecule has 4 rings (SSSR count). The molecule has 7 heteroatoms. The molecule has 0 radical (unpaired) electrons. The van der Waals surface area contributed by atoms with E-state index in [2.05, 4.69) is 10.1 Å². The highest BCUT2D eigenvalue weighted by Gasteiger charge is 2.24. The van der Waals surface area contributed by atoms with Crippen LogP contribution in [0.25, 0.3) is 5.69 Å². The van der Waals surface area contributed by atoms with Crippen LogP contribution in [0, 0.1) is 5.82 Å². The van der Waals surface area contributed by atoms with E-state index in [1.807, 2.05) is 0 Å². The van der Waals surface area contributed by atoms with Gasteiger partial charge in [0.15, 0.2) is 5.69 Å². The van der Waals surface area contributed by atoms with Crippen molar-refractivity contribution in [3.05, 3.63) is 81.9 Å². The number of aliphatic imine (C=N–C) groups is 1. The Labute approximate surface area is 160 Å². The largest absolute Gasteiger partial charge is 0.461 e. The van der Waals surface area contributed by atoms with E-state index in [1.165, 1.54) is 6.07 Å². The SMILES string of the molecule is CCOC(=O)c1cc2n(n1)-c1ccc(Cl)cc1C(c1ccccc1F)=NC2. The first-order chi connectivity index (χ1) is 13.1. The molecule has 1 aliphatic rings. The molecule has 1 aliphatic heterocycles. The molecule has 5 nitrogen and oxygen atoms in total. The number of hydrogen-bond donors (Lipinski definition) is 0. The van der Waals surface area contributed by atoms with Crippen LogP contribution in [-0.2, 0) is 11.3 Å². The molecule has 27 heavy (non-hydrogen) atoms. The maximum atomic E-state index is 14.4. The van der Waals surface area contributed by atoms with Gasteiger partial charge in [-0.25, -0.2) is 13.9 Å². The van der Waals surface area contributed by atoms with Gasteiger partial charge in [-0.05, 0) is 43.3 Å². The van der Waals surface area contributed by atoms with Crippen LogP contribution in [0.15, 0.2) is 53.5 Å². The second-order valence-corrected chi connectivity index (χ2v) is 6.40. The predicted octanol–water partition coefficient (Wildman–Crippen LogP) is 4.19. The second kappa shape index (κ2) is 6.96. The first-order valence-corrected chi connectivity index (χ1v) is 8.82.